The van der Waals surface area contributed by atoms with Crippen molar-refractivity contribution in [2.75, 3.05) is 0 Å². The Morgan fingerprint density at radius 3 is 2.45 bits per heavy atom. The van der Waals surface area contributed by atoms with Crippen molar-refractivity contribution in [2.45, 2.75) is 84.0 Å². The predicted octanol–water partition coefficient (Wildman–Crippen LogP) is 6.50. The molecule has 22 heavy (non-hydrogen) atoms. The Morgan fingerprint density at radius 2 is 1.73 bits per heavy atom. The van der Waals surface area contributed by atoms with Gasteiger partial charge in [0.15, 0.2) is 0 Å². The summed E-state index contributed by atoms with van der Waals surface area (Å²) in [5.74, 6) is 0. The summed E-state index contributed by atoms with van der Waals surface area (Å²) in [7, 11) is 0. The minimum absolute atomic E-state index is 0.230. The van der Waals surface area contributed by atoms with Gasteiger partial charge in [-0.25, -0.2) is 9.97 Å². The maximum atomic E-state index is 4.91. The van der Waals surface area contributed by atoms with E-state index in [4.69, 9.17) is 4.98 Å². The van der Waals surface area contributed by atoms with Crippen molar-refractivity contribution in [1.29, 1.82) is 0 Å². The quantitative estimate of drug-likeness (QED) is 0.467. The van der Waals surface area contributed by atoms with Crippen molar-refractivity contribution in [1.82, 2.24) is 9.97 Å². The maximum Gasteiger partial charge on any atom is 0.143 e. The van der Waals surface area contributed by atoms with Gasteiger partial charge in [-0.2, -0.15) is 0 Å². The van der Waals surface area contributed by atoms with Crippen LogP contribution in [0, 0.1) is 0 Å². The third-order valence-electron chi connectivity index (χ3n) is 4.60. The van der Waals surface area contributed by atoms with Gasteiger partial charge in [0.05, 0.1) is 0 Å². The van der Waals surface area contributed by atoms with E-state index in [9.17, 15) is 0 Å². The summed E-state index contributed by atoms with van der Waals surface area (Å²) in [6.45, 7) is 6.97. The minimum Gasteiger partial charge on any atom is -0.244 e. The van der Waals surface area contributed by atoms with E-state index in [1.807, 2.05) is 12.3 Å². The van der Waals surface area contributed by atoms with Crippen LogP contribution < -0.4 is 0 Å². The molecule has 0 radical (unpaired) electrons. The highest BCUT2D eigenvalue weighted by Gasteiger charge is 2.29. The van der Waals surface area contributed by atoms with E-state index in [2.05, 4.69) is 31.8 Å². The van der Waals surface area contributed by atoms with Gasteiger partial charge in [-0.05, 0) is 25.0 Å². The van der Waals surface area contributed by atoms with Gasteiger partial charge in [0, 0.05) is 11.6 Å². The second-order valence-corrected chi connectivity index (χ2v) is 7.65. The predicted molar refractivity (Wildman–Crippen MR) is 97.7 cm³/mol. The molecule has 2 heterocycles. The average Bonchev–Trinajstić information content (AvgIpc) is 2.97. The molecule has 0 amide bonds. The normalized spacial score (nSPS) is 14.3. The van der Waals surface area contributed by atoms with E-state index in [0.29, 0.717) is 0 Å². The van der Waals surface area contributed by atoms with Crippen LogP contribution in [0.2, 0.25) is 0 Å². The molecule has 0 aliphatic heterocycles. The second kappa shape index (κ2) is 8.61. The molecule has 2 aromatic heterocycles. The Hall–Kier alpha value is -0.960. The molecular weight excluding hydrogens is 288 g/mol. The van der Waals surface area contributed by atoms with E-state index in [1.165, 1.54) is 62.8 Å². The van der Waals surface area contributed by atoms with Crippen molar-refractivity contribution < 1.29 is 0 Å². The fourth-order valence-corrected chi connectivity index (χ4v) is 4.16. The van der Waals surface area contributed by atoms with Gasteiger partial charge in [-0.15, -0.1) is 0 Å². The third kappa shape index (κ3) is 4.52. The fraction of sp³-hybridized carbons (Fsp3) is 0.684. The van der Waals surface area contributed by atoms with E-state index in [-0.39, 0.29) is 5.41 Å². The van der Waals surface area contributed by atoms with Crippen LogP contribution >= 0.6 is 11.3 Å². The number of thiazole rings is 1. The van der Waals surface area contributed by atoms with Crippen molar-refractivity contribution in [3.05, 3.63) is 23.3 Å². The van der Waals surface area contributed by atoms with Gasteiger partial charge >= 0.3 is 0 Å². The van der Waals surface area contributed by atoms with Gasteiger partial charge in [0.2, 0.25) is 0 Å². The van der Waals surface area contributed by atoms with Crippen LogP contribution in [0.25, 0.3) is 10.3 Å². The number of pyridine rings is 1. The molecule has 2 aromatic rings. The zero-order chi connectivity index (χ0) is 15.8. The van der Waals surface area contributed by atoms with Crippen LogP contribution in [0.3, 0.4) is 0 Å². The van der Waals surface area contributed by atoms with Crippen LogP contribution in [-0.4, -0.2) is 9.97 Å². The average molecular weight is 319 g/mol. The number of unbranched alkanes of at least 4 members (excludes halogenated alkanes) is 5. The molecule has 2 nitrogen and oxygen atoms in total. The summed E-state index contributed by atoms with van der Waals surface area (Å²) in [5.41, 5.74) is 1.30. The Labute approximate surface area is 139 Å². The SMILES string of the molecule is CCCCCCCC(C)(CCCC)c1nc2cccnc2s1. The lowest BCUT2D eigenvalue weighted by molar-refractivity contribution is 0.367. The third-order valence-corrected chi connectivity index (χ3v) is 5.88. The lowest BCUT2D eigenvalue weighted by Gasteiger charge is -2.27. The molecule has 0 bridgehead atoms. The van der Waals surface area contributed by atoms with Crippen molar-refractivity contribution in [2.24, 2.45) is 0 Å². The summed E-state index contributed by atoms with van der Waals surface area (Å²) in [6.07, 6.45) is 13.7. The standard InChI is InChI=1S/C19H30N2S/c1-4-6-8-9-10-14-19(3,13-7-5-2)18-21-16-12-11-15-20-17(16)22-18/h11-12,15H,4-10,13-14H2,1-3H3. The number of hydrogen-bond donors (Lipinski definition) is 0. The first-order valence-electron chi connectivity index (χ1n) is 8.91. The summed E-state index contributed by atoms with van der Waals surface area (Å²) >= 11 is 1.80. The van der Waals surface area contributed by atoms with Gasteiger partial charge in [-0.3, -0.25) is 0 Å². The number of nitrogens with zero attached hydrogens (tertiary/aromatic N) is 2. The Balaban J connectivity index is 2.09. The van der Waals surface area contributed by atoms with E-state index in [0.717, 1.165) is 10.3 Å². The van der Waals surface area contributed by atoms with Gasteiger partial charge in [0.25, 0.3) is 0 Å². The van der Waals surface area contributed by atoms with Crippen LogP contribution in [-0.2, 0) is 5.41 Å². The highest BCUT2D eigenvalue weighted by atomic mass is 32.1. The zero-order valence-corrected chi connectivity index (χ0v) is 15.2. The molecular formula is C19H30N2S. The van der Waals surface area contributed by atoms with Gasteiger partial charge in [-0.1, -0.05) is 77.1 Å². The van der Waals surface area contributed by atoms with Gasteiger partial charge < -0.3 is 0 Å². The van der Waals surface area contributed by atoms with Crippen molar-refractivity contribution >= 4 is 21.7 Å². The van der Waals surface area contributed by atoms with Gasteiger partial charge in [0.1, 0.15) is 15.4 Å². The molecule has 0 aliphatic rings. The summed E-state index contributed by atoms with van der Waals surface area (Å²) in [6, 6.07) is 4.07. The number of hydrogen-bond acceptors (Lipinski definition) is 3. The Kier molecular flexibility index (Phi) is 6.81. The van der Waals surface area contributed by atoms with Crippen molar-refractivity contribution in [3.8, 4) is 0 Å². The first-order chi connectivity index (χ1) is 10.7. The molecule has 0 aliphatic carbocycles. The lowest BCUT2D eigenvalue weighted by Crippen LogP contribution is -2.21. The van der Waals surface area contributed by atoms with Crippen LogP contribution in [0.15, 0.2) is 18.3 Å². The maximum absolute atomic E-state index is 4.91. The molecule has 0 spiro atoms. The smallest absolute Gasteiger partial charge is 0.143 e. The van der Waals surface area contributed by atoms with E-state index in [1.54, 1.807) is 11.3 Å². The minimum atomic E-state index is 0.230. The van der Waals surface area contributed by atoms with Crippen molar-refractivity contribution in [3.63, 3.8) is 0 Å². The van der Waals surface area contributed by atoms with E-state index < -0.39 is 0 Å². The second-order valence-electron chi connectivity index (χ2n) is 6.68. The van der Waals surface area contributed by atoms with E-state index >= 15 is 0 Å². The number of fused-ring (bicyclic) bond motifs is 1. The van der Waals surface area contributed by atoms with Crippen LogP contribution in [0.1, 0.15) is 83.6 Å². The zero-order valence-electron chi connectivity index (χ0n) is 14.4. The number of rotatable bonds is 10. The van der Waals surface area contributed by atoms with Crippen LogP contribution in [0.5, 0.6) is 0 Å². The molecule has 0 fully saturated rings. The largest absolute Gasteiger partial charge is 0.244 e. The molecule has 0 N–H and O–H groups in total. The first kappa shape index (κ1) is 17.4. The molecule has 2 rings (SSSR count). The molecule has 1 atom stereocenters. The molecule has 0 saturated carbocycles. The topological polar surface area (TPSA) is 25.8 Å². The van der Waals surface area contributed by atoms with Crippen LogP contribution in [0.4, 0.5) is 0 Å². The molecule has 0 aromatic carbocycles. The highest BCUT2D eigenvalue weighted by molar-refractivity contribution is 7.18. The lowest BCUT2D eigenvalue weighted by atomic mass is 9.80. The summed E-state index contributed by atoms with van der Waals surface area (Å²) < 4.78 is 0. The monoisotopic (exact) mass is 318 g/mol. The Morgan fingerprint density at radius 1 is 1.00 bits per heavy atom. The molecule has 122 valence electrons. The summed E-state index contributed by atoms with van der Waals surface area (Å²) in [4.78, 5) is 10.5. The highest BCUT2D eigenvalue weighted by Crippen LogP contribution is 2.38. The summed E-state index contributed by atoms with van der Waals surface area (Å²) in [5, 5.41) is 1.30. The molecule has 1 unspecified atom stereocenters. The fourth-order valence-electron chi connectivity index (χ4n) is 3.05. The Bertz CT molecular complexity index is 530. The number of aromatic nitrogens is 2. The molecule has 3 heteroatoms. The molecule has 0 saturated heterocycles. The first-order valence-corrected chi connectivity index (χ1v) is 9.73.